The molecule has 2 unspecified atom stereocenters. The van der Waals surface area contributed by atoms with Crippen LogP contribution in [0.1, 0.15) is 43.4 Å². The van der Waals surface area contributed by atoms with Crippen molar-refractivity contribution in [3.63, 3.8) is 0 Å². The van der Waals surface area contributed by atoms with Crippen LogP contribution in [0.4, 0.5) is 0 Å². The highest BCUT2D eigenvalue weighted by molar-refractivity contribution is 6.30. The van der Waals surface area contributed by atoms with Crippen molar-refractivity contribution in [3.8, 4) is 0 Å². The molecular weight excluding hydrogens is 290 g/mol. The summed E-state index contributed by atoms with van der Waals surface area (Å²) in [5.74, 6) is -1.37. The lowest BCUT2D eigenvalue weighted by Crippen LogP contribution is -2.45. The van der Waals surface area contributed by atoms with E-state index in [1.54, 1.807) is 11.0 Å². The third-order valence-electron chi connectivity index (χ3n) is 4.04. The Morgan fingerprint density at radius 2 is 2.19 bits per heavy atom. The Balaban J connectivity index is 2.48. The summed E-state index contributed by atoms with van der Waals surface area (Å²) in [6, 6.07) is 5.02. The number of carbonyl (C=O) groups excluding carboxylic acids is 1. The molecule has 0 spiro atoms. The summed E-state index contributed by atoms with van der Waals surface area (Å²) in [6.07, 6.45) is 1.50. The molecule has 1 amide bonds. The lowest BCUT2D eigenvalue weighted by Gasteiger charge is -2.40. The lowest BCUT2D eigenvalue weighted by atomic mass is 9.82. The second kappa shape index (κ2) is 6.48. The van der Waals surface area contributed by atoms with Gasteiger partial charge in [0, 0.05) is 18.0 Å². The summed E-state index contributed by atoms with van der Waals surface area (Å²) in [4.78, 5) is 25.6. The molecule has 0 aliphatic carbocycles. The van der Waals surface area contributed by atoms with Crippen molar-refractivity contribution in [2.75, 3.05) is 6.54 Å². The number of carboxylic acids is 1. The predicted molar refractivity (Wildman–Crippen MR) is 81.3 cm³/mol. The number of rotatable bonds is 4. The van der Waals surface area contributed by atoms with Gasteiger partial charge in [-0.15, -0.1) is 0 Å². The average molecular weight is 310 g/mol. The second-order valence-corrected chi connectivity index (χ2v) is 5.95. The second-order valence-electron chi connectivity index (χ2n) is 5.52. The fourth-order valence-corrected chi connectivity index (χ4v) is 3.30. The van der Waals surface area contributed by atoms with E-state index in [1.165, 1.54) is 0 Å². The van der Waals surface area contributed by atoms with Crippen LogP contribution in [0.2, 0.25) is 5.02 Å². The monoisotopic (exact) mass is 309 g/mol. The Morgan fingerprint density at radius 1 is 1.48 bits per heavy atom. The van der Waals surface area contributed by atoms with Crippen LogP contribution in [0.5, 0.6) is 0 Å². The molecule has 2 rings (SSSR count). The van der Waals surface area contributed by atoms with Gasteiger partial charge in [-0.1, -0.05) is 24.6 Å². The number of aryl methyl sites for hydroxylation is 1. The molecule has 1 aliphatic rings. The van der Waals surface area contributed by atoms with E-state index >= 15 is 0 Å². The van der Waals surface area contributed by atoms with Gasteiger partial charge < -0.3 is 10.0 Å². The molecule has 1 saturated heterocycles. The van der Waals surface area contributed by atoms with Crippen LogP contribution in [0.15, 0.2) is 18.2 Å². The zero-order valence-corrected chi connectivity index (χ0v) is 13.1. The Bertz CT molecular complexity index is 558. The molecule has 1 aromatic rings. The molecule has 4 nitrogen and oxygen atoms in total. The van der Waals surface area contributed by atoms with Crippen molar-refractivity contribution in [3.05, 3.63) is 34.3 Å². The molecule has 1 aliphatic heterocycles. The Kier molecular flexibility index (Phi) is 4.88. The first-order chi connectivity index (χ1) is 9.95. The first-order valence-electron chi connectivity index (χ1n) is 7.24. The number of benzene rings is 1. The number of carboxylic acid groups (broad SMARTS) is 1. The van der Waals surface area contributed by atoms with E-state index < -0.39 is 17.9 Å². The molecule has 1 aromatic carbocycles. The van der Waals surface area contributed by atoms with Gasteiger partial charge in [0.1, 0.15) is 0 Å². The van der Waals surface area contributed by atoms with Gasteiger partial charge in [0.05, 0.1) is 12.0 Å². The molecule has 0 saturated carbocycles. The van der Waals surface area contributed by atoms with Crippen molar-refractivity contribution >= 4 is 23.5 Å². The minimum Gasteiger partial charge on any atom is -0.481 e. The molecule has 1 fully saturated rings. The molecular formula is C16H20ClNO3. The maximum atomic E-state index is 12.2. The maximum absolute atomic E-state index is 12.2. The number of amides is 1. The van der Waals surface area contributed by atoms with Gasteiger partial charge in [-0.2, -0.15) is 0 Å². The number of halogens is 1. The van der Waals surface area contributed by atoms with Crippen molar-refractivity contribution in [1.82, 2.24) is 4.90 Å². The summed E-state index contributed by atoms with van der Waals surface area (Å²) in [6.45, 7) is 4.47. The highest BCUT2D eigenvalue weighted by atomic mass is 35.5. The van der Waals surface area contributed by atoms with E-state index in [0.717, 1.165) is 17.5 Å². The lowest BCUT2D eigenvalue weighted by molar-refractivity contribution is -0.152. The van der Waals surface area contributed by atoms with Gasteiger partial charge in [0.2, 0.25) is 5.91 Å². The zero-order chi connectivity index (χ0) is 15.6. The van der Waals surface area contributed by atoms with Crippen LogP contribution < -0.4 is 0 Å². The molecule has 0 aromatic heterocycles. The molecule has 114 valence electrons. The molecule has 21 heavy (non-hydrogen) atoms. The predicted octanol–water partition coefficient (Wildman–Crippen LogP) is 3.42. The molecule has 5 heteroatoms. The summed E-state index contributed by atoms with van der Waals surface area (Å²) < 4.78 is 0. The molecule has 0 radical (unpaired) electrons. The van der Waals surface area contributed by atoms with E-state index in [4.69, 9.17) is 11.6 Å². The minimum atomic E-state index is -0.844. The fraction of sp³-hybridized carbons (Fsp3) is 0.500. The molecule has 2 atom stereocenters. The van der Waals surface area contributed by atoms with Crippen molar-refractivity contribution in [2.45, 2.75) is 39.2 Å². The van der Waals surface area contributed by atoms with Gasteiger partial charge in [-0.3, -0.25) is 9.59 Å². The minimum absolute atomic E-state index is 0.0358. The number of aliphatic carboxylic acids is 1. The number of likely N-dealkylation sites (tertiary alicyclic amines) is 1. The number of carbonyl (C=O) groups is 2. The van der Waals surface area contributed by atoms with Crippen LogP contribution in [0.25, 0.3) is 0 Å². The highest BCUT2D eigenvalue weighted by Crippen LogP contribution is 2.38. The van der Waals surface area contributed by atoms with Crippen LogP contribution in [-0.4, -0.2) is 28.4 Å². The average Bonchev–Trinajstić information content (AvgIpc) is 2.41. The van der Waals surface area contributed by atoms with Crippen molar-refractivity contribution in [2.24, 2.45) is 5.92 Å². The van der Waals surface area contributed by atoms with Gasteiger partial charge in [-0.25, -0.2) is 0 Å². The zero-order valence-electron chi connectivity index (χ0n) is 12.3. The number of hydrogen-bond acceptors (Lipinski definition) is 2. The normalized spacial score (nSPS) is 22.4. The topological polar surface area (TPSA) is 57.6 Å². The molecule has 1 N–H and O–H groups in total. The van der Waals surface area contributed by atoms with Gasteiger partial charge >= 0.3 is 5.97 Å². The summed E-state index contributed by atoms with van der Waals surface area (Å²) in [7, 11) is 0. The van der Waals surface area contributed by atoms with E-state index in [2.05, 4.69) is 0 Å². The SMILES string of the molecule is CCCN1C(=O)CCC(C(=O)O)C1c1ccc(Cl)cc1C. The van der Waals surface area contributed by atoms with E-state index in [9.17, 15) is 14.7 Å². The van der Waals surface area contributed by atoms with Gasteiger partial charge in [0.25, 0.3) is 0 Å². The first-order valence-corrected chi connectivity index (χ1v) is 7.61. The van der Waals surface area contributed by atoms with Crippen LogP contribution in [0, 0.1) is 12.8 Å². The first kappa shape index (κ1) is 15.8. The fourth-order valence-electron chi connectivity index (χ4n) is 3.07. The van der Waals surface area contributed by atoms with Gasteiger partial charge in [-0.05, 0) is 43.0 Å². The largest absolute Gasteiger partial charge is 0.481 e. The van der Waals surface area contributed by atoms with Crippen molar-refractivity contribution < 1.29 is 14.7 Å². The van der Waals surface area contributed by atoms with E-state index in [0.29, 0.717) is 24.4 Å². The van der Waals surface area contributed by atoms with Crippen LogP contribution in [0.3, 0.4) is 0 Å². The Hall–Kier alpha value is -1.55. The highest BCUT2D eigenvalue weighted by Gasteiger charge is 2.40. The Labute approximate surface area is 129 Å². The summed E-state index contributed by atoms with van der Waals surface area (Å²) in [5, 5.41) is 10.1. The number of piperidine rings is 1. The smallest absolute Gasteiger partial charge is 0.308 e. The summed E-state index contributed by atoms with van der Waals surface area (Å²) in [5.41, 5.74) is 1.81. The number of nitrogens with zero attached hydrogens (tertiary/aromatic N) is 1. The summed E-state index contributed by atoms with van der Waals surface area (Å²) >= 11 is 5.98. The standard InChI is InChI=1S/C16H20ClNO3/c1-3-8-18-14(19)7-6-13(16(20)21)15(18)12-5-4-11(17)9-10(12)2/h4-5,9,13,15H,3,6-8H2,1-2H3,(H,20,21). The third-order valence-corrected chi connectivity index (χ3v) is 4.27. The third kappa shape index (κ3) is 3.21. The Morgan fingerprint density at radius 3 is 2.76 bits per heavy atom. The molecule has 1 heterocycles. The maximum Gasteiger partial charge on any atom is 0.308 e. The van der Waals surface area contributed by atoms with Crippen LogP contribution >= 0.6 is 11.6 Å². The van der Waals surface area contributed by atoms with Crippen molar-refractivity contribution in [1.29, 1.82) is 0 Å². The van der Waals surface area contributed by atoms with Crippen LogP contribution in [-0.2, 0) is 9.59 Å². The molecule has 0 bridgehead atoms. The van der Waals surface area contributed by atoms with E-state index in [1.807, 2.05) is 26.0 Å². The van der Waals surface area contributed by atoms with Gasteiger partial charge in [0.15, 0.2) is 0 Å². The number of hydrogen-bond donors (Lipinski definition) is 1. The quantitative estimate of drug-likeness (QED) is 0.927. The van der Waals surface area contributed by atoms with E-state index in [-0.39, 0.29) is 5.91 Å².